The summed E-state index contributed by atoms with van der Waals surface area (Å²) >= 11 is 0. The highest BCUT2D eigenvalue weighted by Gasteiger charge is 2.08. The zero-order chi connectivity index (χ0) is 15.9. The largest absolute Gasteiger partial charge is 0.497 e. The molecule has 0 saturated heterocycles. The van der Waals surface area contributed by atoms with Gasteiger partial charge in [-0.3, -0.25) is 0 Å². The molecule has 0 unspecified atom stereocenters. The van der Waals surface area contributed by atoms with E-state index >= 15 is 0 Å². The van der Waals surface area contributed by atoms with E-state index in [1.807, 2.05) is 18.2 Å². The molecule has 0 aliphatic rings. The lowest BCUT2D eigenvalue weighted by Crippen LogP contribution is -2.11. The third-order valence-corrected chi connectivity index (χ3v) is 2.90. The highest BCUT2D eigenvalue weighted by Crippen LogP contribution is 2.30. The quantitative estimate of drug-likeness (QED) is 0.813. The molecule has 7 heteroatoms. The number of ether oxygens (including phenoxy) is 2. The smallest absolute Gasteiger partial charge is 0.249 e. The molecule has 0 spiro atoms. The van der Waals surface area contributed by atoms with Crippen LogP contribution in [0.25, 0.3) is 0 Å². The van der Waals surface area contributed by atoms with Crippen molar-refractivity contribution in [1.29, 1.82) is 0 Å². The Labute approximate surface area is 130 Å². The van der Waals surface area contributed by atoms with Gasteiger partial charge in [0.25, 0.3) is 0 Å². The van der Waals surface area contributed by atoms with Crippen LogP contribution in [0.3, 0.4) is 0 Å². The average molecular weight is 303 g/mol. The lowest BCUT2D eigenvalue weighted by Gasteiger charge is -2.12. The number of hydrogen-bond acceptors (Lipinski definition) is 7. The van der Waals surface area contributed by atoms with Gasteiger partial charge in [0.15, 0.2) is 5.82 Å². The molecule has 0 aliphatic carbocycles. The maximum Gasteiger partial charge on any atom is 0.249 e. The predicted octanol–water partition coefficient (Wildman–Crippen LogP) is 2.70. The standard InChI is InChI=1S/C15H21N5O2/c1-10(2)8-16-14-9-17-20-15(19-14)18-12-7-11(21-3)5-6-13(12)22-4/h5-7,9-10H,8H2,1-4H3,(H2,16,18,19,20). The number of rotatable bonds is 7. The van der Waals surface area contributed by atoms with Gasteiger partial charge in [-0.1, -0.05) is 13.8 Å². The van der Waals surface area contributed by atoms with Crippen LogP contribution in [0.15, 0.2) is 24.4 Å². The van der Waals surface area contributed by atoms with Crippen molar-refractivity contribution in [1.82, 2.24) is 15.2 Å². The Bertz CT molecular complexity index is 619. The Morgan fingerprint density at radius 3 is 2.68 bits per heavy atom. The molecule has 2 N–H and O–H groups in total. The van der Waals surface area contributed by atoms with Crippen molar-refractivity contribution in [3.63, 3.8) is 0 Å². The first-order valence-electron chi connectivity index (χ1n) is 7.05. The molecule has 1 aromatic carbocycles. The minimum absolute atomic E-state index is 0.389. The van der Waals surface area contributed by atoms with E-state index in [9.17, 15) is 0 Å². The fourth-order valence-corrected chi connectivity index (χ4v) is 1.78. The minimum Gasteiger partial charge on any atom is -0.497 e. The van der Waals surface area contributed by atoms with Crippen molar-refractivity contribution in [2.45, 2.75) is 13.8 Å². The van der Waals surface area contributed by atoms with Gasteiger partial charge in [-0.05, 0) is 18.1 Å². The summed E-state index contributed by atoms with van der Waals surface area (Å²) in [6.45, 7) is 5.07. The summed E-state index contributed by atoms with van der Waals surface area (Å²) < 4.78 is 10.5. The molecule has 118 valence electrons. The van der Waals surface area contributed by atoms with Gasteiger partial charge in [0, 0.05) is 12.6 Å². The van der Waals surface area contributed by atoms with E-state index in [0.29, 0.717) is 34.9 Å². The summed E-state index contributed by atoms with van der Waals surface area (Å²) in [5.74, 6) is 2.97. The highest BCUT2D eigenvalue weighted by molar-refractivity contribution is 5.65. The lowest BCUT2D eigenvalue weighted by atomic mass is 10.2. The predicted molar refractivity (Wildman–Crippen MR) is 86.0 cm³/mol. The van der Waals surface area contributed by atoms with Crippen molar-refractivity contribution in [3.05, 3.63) is 24.4 Å². The zero-order valence-electron chi connectivity index (χ0n) is 13.3. The molecule has 1 aromatic heterocycles. The summed E-state index contributed by atoms with van der Waals surface area (Å²) in [4.78, 5) is 4.38. The summed E-state index contributed by atoms with van der Waals surface area (Å²) in [6.07, 6.45) is 1.59. The van der Waals surface area contributed by atoms with Crippen LogP contribution in [-0.4, -0.2) is 35.9 Å². The van der Waals surface area contributed by atoms with Crippen molar-refractivity contribution < 1.29 is 9.47 Å². The first-order valence-corrected chi connectivity index (χ1v) is 7.05. The fraction of sp³-hybridized carbons (Fsp3) is 0.400. The Kier molecular flexibility index (Phi) is 5.35. The molecule has 0 aliphatic heterocycles. The number of hydrogen-bond donors (Lipinski definition) is 2. The Morgan fingerprint density at radius 1 is 1.18 bits per heavy atom. The van der Waals surface area contributed by atoms with Crippen LogP contribution in [0.2, 0.25) is 0 Å². The van der Waals surface area contributed by atoms with Crippen molar-refractivity contribution in [2.24, 2.45) is 5.92 Å². The first-order chi connectivity index (χ1) is 10.6. The Hall–Kier alpha value is -2.57. The van der Waals surface area contributed by atoms with Crippen molar-refractivity contribution in [2.75, 3.05) is 31.4 Å². The Balaban J connectivity index is 2.18. The molecular weight excluding hydrogens is 282 g/mol. The highest BCUT2D eigenvalue weighted by atomic mass is 16.5. The minimum atomic E-state index is 0.389. The summed E-state index contributed by atoms with van der Waals surface area (Å²) in [7, 11) is 3.22. The zero-order valence-corrected chi connectivity index (χ0v) is 13.3. The maximum absolute atomic E-state index is 5.32. The van der Waals surface area contributed by atoms with E-state index in [1.165, 1.54) is 0 Å². The van der Waals surface area contributed by atoms with Crippen molar-refractivity contribution >= 4 is 17.5 Å². The number of aromatic nitrogens is 3. The first kappa shape index (κ1) is 15.8. The van der Waals surface area contributed by atoms with Crippen LogP contribution < -0.4 is 20.1 Å². The molecule has 22 heavy (non-hydrogen) atoms. The van der Waals surface area contributed by atoms with Crippen LogP contribution in [0.4, 0.5) is 17.5 Å². The number of nitrogens with zero attached hydrogens (tertiary/aromatic N) is 3. The molecule has 0 amide bonds. The molecule has 0 atom stereocenters. The van der Waals surface area contributed by atoms with E-state index in [-0.39, 0.29) is 0 Å². The van der Waals surface area contributed by atoms with Crippen LogP contribution in [0.1, 0.15) is 13.8 Å². The van der Waals surface area contributed by atoms with Gasteiger partial charge in [0.05, 0.1) is 26.1 Å². The topological polar surface area (TPSA) is 81.2 Å². The van der Waals surface area contributed by atoms with Crippen LogP contribution in [0, 0.1) is 5.92 Å². The molecular formula is C15H21N5O2. The normalized spacial score (nSPS) is 10.4. The van der Waals surface area contributed by atoms with Gasteiger partial charge >= 0.3 is 0 Å². The maximum atomic E-state index is 5.32. The summed E-state index contributed by atoms with van der Waals surface area (Å²) in [6, 6.07) is 5.45. The second kappa shape index (κ2) is 7.44. The van der Waals surface area contributed by atoms with E-state index in [1.54, 1.807) is 20.4 Å². The van der Waals surface area contributed by atoms with Gasteiger partial charge in [-0.15, -0.1) is 5.10 Å². The molecule has 2 rings (SSSR count). The molecule has 0 bridgehead atoms. The van der Waals surface area contributed by atoms with E-state index in [0.717, 1.165) is 6.54 Å². The molecule has 0 fully saturated rings. The number of benzene rings is 1. The van der Waals surface area contributed by atoms with Crippen LogP contribution in [0.5, 0.6) is 11.5 Å². The monoisotopic (exact) mass is 303 g/mol. The average Bonchev–Trinajstić information content (AvgIpc) is 2.53. The third kappa shape index (κ3) is 4.21. The van der Waals surface area contributed by atoms with E-state index in [4.69, 9.17) is 9.47 Å². The van der Waals surface area contributed by atoms with Gasteiger partial charge < -0.3 is 20.1 Å². The fourth-order valence-electron chi connectivity index (χ4n) is 1.78. The molecule has 1 heterocycles. The number of anilines is 3. The van der Waals surface area contributed by atoms with Crippen LogP contribution >= 0.6 is 0 Å². The second-order valence-electron chi connectivity index (χ2n) is 5.13. The second-order valence-corrected chi connectivity index (χ2v) is 5.13. The van der Waals surface area contributed by atoms with Crippen LogP contribution in [-0.2, 0) is 0 Å². The van der Waals surface area contributed by atoms with E-state index in [2.05, 4.69) is 39.7 Å². The Morgan fingerprint density at radius 2 is 2.00 bits per heavy atom. The SMILES string of the molecule is COc1ccc(OC)c(Nc2nncc(NCC(C)C)n2)c1. The summed E-state index contributed by atoms with van der Waals surface area (Å²) in [5.41, 5.74) is 0.713. The molecule has 7 nitrogen and oxygen atoms in total. The van der Waals surface area contributed by atoms with Gasteiger partial charge in [-0.2, -0.15) is 10.1 Å². The van der Waals surface area contributed by atoms with Gasteiger partial charge in [-0.25, -0.2) is 0 Å². The van der Waals surface area contributed by atoms with Crippen molar-refractivity contribution in [3.8, 4) is 11.5 Å². The van der Waals surface area contributed by atoms with Gasteiger partial charge in [0.2, 0.25) is 5.95 Å². The molecule has 0 saturated carbocycles. The van der Waals surface area contributed by atoms with Gasteiger partial charge in [0.1, 0.15) is 11.5 Å². The molecule has 0 radical (unpaired) electrons. The summed E-state index contributed by atoms with van der Waals surface area (Å²) in [5, 5.41) is 14.2. The van der Waals surface area contributed by atoms with E-state index < -0.39 is 0 Å². The molecule has 2 aromatic rings. The number of methoxy groups -OCH3 is 2. The lowest BCUT2D eigenvalue weighted by molar-refractivity contribution is 0.405. The third-order valence-electron chi connectivity index (χ3n) is 2.90. The number of nitrogens with one attached hydrogen (secondary N) is 2.